The van der Waals surface area contributed by atoms with Gasteiger partial charge in [-0.15, -0.1) is 0 Å². The number of hydrogen-bond donors (Lipinski definition) is 2. The zero-order valence-electron chi connectivity index (χ0n) is 13.1. The minimum absolute atomic E-state index is 0.181. The lowest BCUT2D eigenvalue weighted by atomic mass is 9.78. The highest BCUT2D eigenvalue weighted by molar-refractivity contribution is 5.79. The second kappa shape index (κ2) is 8.02. The summed E-state index contributed by atoms with van der Waals surface area (Å²) in [6.45, 7) is 3.89. The SMILES string of the molecule is CC1CCC(CCNC(=O)C2CCCCC2CN)CC1. The highest BCUT2D eigenvalue weighted by Gasteiger charge is 2.29. The van der Waals surface area contributed by atoms with E-state index in [1.54, 1.807) is 0 Å². The van der Waals surface area contributed by atoms with E-state index in [0.717, 1.165) is 31.2 Å². The van der Waals surface area contributed by atoms with Crippen LogP contribution in [-0.2, 0) is 4.79 Å². The molecule has 1 amide bonds. The van der Waals surface area contributed by atoms with Crippen LogP contribution in [0.5, 0.6) is 0 Å². The summed E-state index contributed by atoms with van der Waals surface area (Å²) in [6.07, 6.45) is 11.2. The summed E-state index contributed by atoms with van der Waals surface area (Å²) in [5, 5.41) is 3.18. The van der Waals surface area contributed by atoms with Crippen LogP contribution in [0.25, 0.3) is 0 Å². The molecule has 2 saturated carbocycles. The molecular formula is C17H32N2O. The van der Waals surface area contributed by atoms with Gasteiger partial charge in [-0.3, -0.25) is 4.79 Å². The molecule has 3 N–H and O–H groups in total. The summed E-state index contributed by atoms with van der Waals surface area (Å²) >= 11 is 0. The molecule has 0 spiro atoms. The van der Waals surface area contributed by atoms with Crippen molar-refractivity contribution in [1.29, 1.82) is 0 Å². The van der Waals surface area contributed by atoms with E-state index in [1.807, 2.05) is 0 Å². The van der Waals surface area contributed by atoms with Crippen molar-refractivity contribution >= 4 is 5.91 Å². The summed E-state index contributed by atoms with van der Waals surface area (Å²) in [6, 6.07) is 0. The van der Waals surface area contributed by atoms with Crippen LogP contribution in [-0.4, -0.2) is 19.0 Å². The van der Waals surface area contributed by atoms with Crippen molar-refractivity contribution in [3.8, 4) is 0 Å². The zero-order chi connectivity index (χ0) is 14.4. The van der Waals surface area contributed by atoms with Crippen LogP contribution >= 0.6 is 0 Å². The highest BCUT2D eigenvalue weighted by atomic mass is 16.1. The van der Waals surface area contributed by atoms with Crippen LogP contribution in [0.1, 0.15) is 64.7 Å². The van der Waals surface area contributed by atoms with E-state index in [-0.39, 0.29) is 11.8 Å². The fourth-order valence-electron chi connectivity index (χ4n) is 3.98. The number of nitrogens with one attached hydrogen (secondary N) is 1. The van der Waals surface area contributed by atoms with Gasteiger partial charge in [0.05, 0.1) is 0 Å². The van der Waals surface area contributed by atoms with Crippen LogP contribution < -0.4 is 11.1 Å². The Morgan fingerprint density at radius 2 is 1.80 bits per heavy atom. The smallest absolute Gasteiger partial charge is 0.223 e. The van der Waals surface area contributed by atoms with Gasteiger partial charge in [-0.05, 0) is 43.6 Å². The quantitative estimate of drug-likeness (QED) is 0.813. The van der Waals surface area contributed by atoms with Crippen molar-refractivity contribution in [2.45, 2.75) is 64.7 Å². The van der Waals surface area contributed by atoms with Crippen molar-refractivity contribution in [1.82, 2.24) is 5.32 Å². The van der Waals surface area contributed by atoms with E-state index in [0.29, 0.717) is 12.5 Å². The van der Waals surface area contributed by atoms with Gasteiger partial charge in [0.2, 0.25) is 5.91 Å². The fourth-order valence-corrected chi connectivity index (χ4v) is 3.98. The first-order valence-corrected chi connectivity index (χ1v) is 8.68. The molecule has 2 fully saturated rings. The van der Waals surface area contributed by atoms with E-state index < -0.39 is 0 Å². The van der Waals surface area contributed by atoms with Gasteiger partial charge in [0.25, 0.3) is 0 Å². The highest BCUT2D eigenvalue weighted by Crippen LogP contribution is 2.31. The zero-order valence-corrected chi connectivity index (χ0v) is 13.1. The maximum Gasteiger partial charge on any atom is 0.223 e. The molecule has 2 rings (SSSR count). The average molecular weight is 280 g/mol. The van der Waals surface area contributed by atoms with Crippen molar-refractivity contribution in [3.05, 3.63) is 0 Å². The molecule has 3 nitrogen and oxygen atoms in total. The van der Waals surface area contributed by atoms with E-state index in [9.17, 15) is 4.79 Å². The molecule has 20 heavy (non-hydrogen) atoms. The van der Waals surface area contributed by atoms with E-state index >= 15 is 0 Å². The Labute approximate surface area is 124 Å². The molecule has 2 aliphatic carbocycles. The first kappa shape index (κ1) is 15.8. The molecule has 3 heteroatoms. The van der Waals surface area contributed by atoms with Crippen molar-refractivity contribution in [2.75, 3.05) is 13.1 Å². The lowest BCUT2D eigenvalue weighted by Crippen LogP contribution is -2.40. The number of amides is 1. The second-order valence-corrected chi connectivity index (χ2v) is 7.09. The molecule has 0 aromatic rings. The predicted molar refractivity (Wildman–Crippen MR) is 83.3 cm³/mol. The van der Waals surface area contributed by atoms with Gasteiger partial charge < -0.3 is 11.1 Å². The van der Waals surface area contributed by atoms with Gasteiger partial charge in [-0.25, -0.2) is 0 Å². The maximum atomic E-state index is 12.3. The first-order valence-electron chi connectivity index (χ1n) is 8.68. The third-order valence-corrected chi connectivity index (χ3v) is 5.54. The third kappa shape index (κ3) is 4.47. The van der Waals surface area contributed by atoms with Crippen LogP contribution in [0.3, 0.4) is 0 Å². The Morgan fingerprint density at radius 3 is 2.50 bits per heavy atom. The molecular weight excluding hydrogens is 248 g/mol. The molecule has 0 aromatic heterocycles. The molecule has 2 aliphatic rings. The van der Waals surface area contributed by atoms with Gasteiger partial charge in [0.15, 0.2) is 0 Å². The molecule has 0 aliphatic heterocycles. The standard InChI is InChI=1S/C17H32N2O/c1-13-6-8-14(9-7-13)10-11-19-17(20)16-5-3-2-4-15(16)12-18/h13-16H,2-12,18H2,1H3,(H,19,20). The lowest BCUT2D eigenvalue weighted by molar-refractivity contribution is -0.127. The van der Waals surface area contributed by atoms with E-state index in [1.165, 1.54) is 44.9 Å². The Balaban J connectivity index is 1.66. The second-order valence-electron chi connectivity index (χ2n) is 7.09. The molecule has 2 atom stereocenters. The Morgan fingerprint density at radius 1 is 1.10 bits per heavy atom. The summed E-state index contributed by atoms with van der Waals surface area (Å²) < 4.78 is 0. The third-order valence-electron chi connectivity index (χ3n) is 5.54. The minimum Gasteiger partial charge on any atom is -0.356 e. The predicted octanol–water partition coefficient (Wildman–Crippen LogP) is 3.08. The number of rotatable bonds is 5. The number of carbonyl (C=O) groups excluding carboxylic acids is 1. The van der Waals surface area contributed by atoms with Crippen molar-refractivity contribution < 1.29 is 4.79 Å². The molecule has 0 radical (unpaired) electrons. The summed E-state index contributed by atoms with van der Waals surface area (Å²) in [5.41, 5.74) is 5.81. The van der Waals surface area contributed by atoms with Gasteiger partial charge in [-0.2, -0.15) is 0 Å². The van der Waals surface area contributed by atoms with E-state index in [2.05, 4.69) is 12.2 Å². The molecule has 2 unspecified atom stereocenters. The Kier molecular flexibility index (Phi) is 6.34. The van der Waals surface area contributed by atoms with Gasteiger partial charge >= 0.3 is 0 Å². The van der Waals surface area contributed by atoms with E-state index in [4.69, 9.17) is 5.73 Å². The monoisotopic (exact) mass is 280 g/mol. The van der Waals surface area contributed by atoms with Crippen LogP contribution in [0.15, 0.2) is 0 Å². The minimum atomic E-state index is 0.181. The number of hydrogen-bond acceptors (Lipinski definition) is 2. The van der Waals surface area contributed by atoms with Gasteiger partial charge in [0, 0.05) is 12.5 Å². The van der Waals surface area contributed by atoms with Crippen LogP contribution in [0, 0.1) is 23.7 Å². The number of carbonyl (C=O) groups is 1. The van der Waals surface area contributed by atoms with Crippen molar-refractivity contribution in [3.63, 3.8) is 0 Å². The molecule has 116 valence electrons. The Bertz CT molecular complexity index is 297. The van der Waals surface area contributed by atoms with Gasteiger partial charge in [-0.1, -0.05) is 45.4 Å². The molecule has 0 aromatic carbocycles. The summed E-state index contributed by atoms with van der Waals surface area (Å²) in [5.74, 6) is 2.61. The lowest BCUT2D eigenvalue weighted by Gasteiger charge is -2.30. The molecule has 0 saturated heterocycles. The normalized spacial score (nSPS) is 34.7. The largest absolute Gasteiger partial charge is 0.356 e. The van der Waals surface area contributed by atoms with Crippen molar-refractivity contribution in [2.24, 2.45) is 29.4 Å². The van der Waals surface area contributed by atoms with Crippen LogP contribution in [0.2, 0.25) is 0 Å². The summed E-state index contributed by atoms with van der Waals surface area (Å²) in [4.78, 5) is 12.3. The maximum absolute atomic E-state index is 12.3. The average Bonchev–Trinajstić information content (AvgIpc) is 2.49. The number of nitrogens with two attached hydrogens (primary N) is 1. The van der Waals surface area contributed by atoms with Gasteiger partial charge in [0.1, 0.15) is 0 Å². The fraction of sp³-hybridized carbons (Fsp3) is 0.941. The van der Waals surface area contributed by atoms with Crippen LogP contribution in [0.4, 0.5) is 0 Å². The molecule has 0 heterocycles. The first-order chi connectivity index (χ1) is 9.70. The topological polar surface area (TPSA) is 55.1 Å². The molecule has 0 bridgehead atoms. The summed E-state index contributed by atoms with van der Waals surface area (Å²) in [7, 11) is 0. The Hall–Kier alpha value is -0.570.